The second-order valence-corrected chi connectivity index (χ2v) is 7.60. The van der Waals surface area contributed by atoms with Crippen molar-refractivity contribution in [3.05, 3.63) is 29.8 Å². The summed E-state index contributed by atoms with van der Waals surface area (Å²) < 4.78 is 30.2. The van der Waals surface area contributed by atoms with E-state index < -0.39 is 10.0 Å². The summed E-state index contributed by atoms with van der Waals surface area (Å²) in [7, 11) is -1.80. The fourth-order valence-corrected chi connectivity index (χ4v) is 3.18. The SMILES string of the molecule is COC[C@@H](C)NC(=O)CCCN(c1ccc(C)cc1)S(C)(=O)=O. The number of anilines is 1. The first-order valence-electron chi connectivity index (χ1n) is 7.56. The molecule has 0 radical (unpaired) electrons. The molecule has 1 rings (SSSR count). The number of carbonyl (C=O) groups is 1. The van der Waals surface area contributed by atoms with Crippen molar-refractivity contribution in [2.75, 3.05) is 30.8 Å². The van der Waals surface area contributed by atoms with Crippen molar-refractivity contribution in [2.45, 2.75) is 32.7 Å². The average molecular weight is 342 g/mol. The second kappa shape index (κ2) is 8.88. The van der Waals surface area contributed by atoms with Crippen molar-refractivity contribution in [1.82, 2.24) is 5.32 Å². The first-order valence-corrected chi connectivity index (χ1v) is 9.41. The molecule has 0 saturated heterocycles. The van der Waals surface area contributed by atoms with Crippen LogP contribution in [-0.2, 0) is 19.6 Å². The second-order valence-electron chi connectivity index (χ2n) is 5.70. The first kappa shape index (κ1) is 19.4. The molecule has 0 aliphatic carbocycles. The minimum Gasteiger partial charge on any atom is -0.383 e. The molecular formula is C16H26N2O4S. The largest absolute Gasteiger partial charge is 0.383 e. The van der Waals surface area contributed by atoms with E-state index in [4.69, 9.17) is 4.74 Å². The van der Waals surface area contributed by atoms with Crippen LogP contribution in [0.1, 0.15) is 25.3 Å². The molecule has 1 N–H and O–H groups in total. The average Bonchev–Trinajstić information content (AvgIpc) is 2.44. The summed E-state index contributed by atoms with van der Waals surface area (Å²) >= 11 is 0. The third-order valence-corrected chi connectivity index (χ3v) is 4.51. The maximum atomic E-state index is 12.0. The molecular weight excluding hydrogens is 316 g/mol. The summed E-state index contributed by atoms with van der Waals surface area (Å²) in [5.41, 5.74) is 1.68. The van der Waals surface area contributed by atoms with Crippen LogP contribution in [-0.4, -0.2) is 46.9 Å². The number of carbonyl (C=O) groups excluding carboxylic acids is 1. The molecule has 0 aromatic heterocycles. The highest BCUT2D eigenvalue weighted by Gasteiger charge is 2.17. The Balaban J connectivity index is 2.60. The molecule has 1 atom stereocenters. The first-order chi connectivity index (χ1) is 10.7. The summed E-state index contributed by atoms with van der Waals surface area (Å²) in [6.07, 6.45) is 1.89. The van der Waals surface area contributed by atoms with Gasteiger partial charge in [0, 0.05) is 26.1 Å². The van der Waals surface area contributed by atoms with E-state index in [1.807, 2.05) is 26.0 Å². The predicted molar refractivity (Wildman–Crippen MR) is 92.1 cm³/mol. The van der Waals surface area contributed by atoms with Gasteiger partial charge >= 0.3 is 0 Å². The normalized spacial score (nSPS) is 12.7. The van der Waals surface area contributed by atoms with E-state index in [0.29, 0.717) is 18.7 Å². The van der Waals surface area contributed by atoms with Gasteiger partial charge in [0.25, 0.3) is 0 Å². The number of methoxy groups -OCH3 is 1. The summed E-state index contributed by atoms with van der Waals surface area (Å²) in [5, 5.41) is 2.81. The minimum atomic E-state index is -3.38. The lowest BCUT2D eigenvalue weighted by Crippen LogP contribution is -2.36. The number of benzene rings is 1. The third kappa shape index (κ3) is 7.00. The van der Waals surface area contributed by atoms with Crippen molar-refractivity contribution >= 4 is 21.6 Å². The molecule has 1 aromatic carbocycles. The molecule has 0 heterocycles. The summed E-state index contributed by atoms with van der Waals surface area (Å²) in [6, 6.07) is 7.23. The van der Waals surface area contributed by atoms with E-state index in [1.165, 1.54) is 10.6 Å². The number of sulfonamides is 1. The Hall–Kier alpha value is -1.60. The van der Waals surface area contributed by atoms with Crippen LogP contribution in [0.15, 0.2) is 24.3 Å². The van der Waals surface area contributed by atoms with Gasteiger partial charge in [0.05, 0.1) is 18.6 Å². The number of aryl methyl sites for hydroxylation is 1. The van der Waals surface area contributed by atoms with E-state index in [0.717, 1.165) is 5.56 Å². The van der Waals surface area contributed by atoms with Crippen molar-refractivity contribution in [3.8, 4) is 0 Å². The molecule has 0 bridgehead atoms. The summed E-state index contributed by atoms with van der Waals surface area (Å²) in [5.74, 6) is -0.105. The Morgan fingerprint density at radius 2 is 1.91 bits per heavy atom. The van der Waals surface area contributed by atoms with Gasteiger partial charge < -0.3 is 10.1 Å². The Kier molecular flexibility index (Phi) is 7.51. The van der Waals surface area contributed by atoms with Crippen LogP contribution in [0.3, 0.4) is 0 Å². The number of nitrogens with one attached hydrogen (secondary N) is 1. The van der Waals surface area contributed by atoms with Crippen molar-refractivity contribution in [2.24, 2.45) is 0 Å². The monoisotopic (exact) mass is 342 g/mol. The van der Waals surface area contributed by atoms with Gasteiger partial charge in [-0.2, -0.15) is 0 Å². The van der Waals surface area contributed by atoms with E-state index in [2.05, 4.69) is 5.32 Å². The lowest BCUT2D eigenvalue weighted by atomic mass is 10.2. The molecule has 1 aromatic rings. The van der Waals surface area contributed by atoms with Gasteiger partial charge in [-0.15, -0.1) is 0 Å². The van der Waals surface area contributed by atoms with Crippen molar-refractivity contribution < 1.29 is 17.9 Å². The molecule has 0 fully saturated rings. The van der Waals surface area contributed by atoms with E-state index in [1.54, 1.807) is 19.2 Å². The van der Waals surface area contributed by atoms with Crippen LogP contribution in [0.2, 0.25) is 0 Å². The number of rotatable bonds is 9. The molecule has 1 amide bonds. The molecule has 6 nitrogen and oxygen atoms in total. The molecule has 0 unspecified atom stereocenters. The van der Waals surface area contributed by atoms with Gasteiger partial charge in [-0.1, -0.05) is 17.7 Å². The summed E-state index contributed by atoms with van der Waals surface area (Å²) in [6.45, 7) is 4.52. The van der Waals surface area contributed by atoms with Crippen molar-refractivity contribution in [3.63, 3.8) is 0 Å². The van der Waals surface area contributed by atoms with Crippen LogP contribution in [0.4, 0.5) is 5.69 Å². The number of hydrogen-bond acceptors (Lipinski definition) is 4. The van der Waals surface area contributed by atoms with Crippen LogP contribution >= 0.6 is 0 Å². The highest BCUT2D eigenvalue weighted by Crippen LogP contribution is 2.18. The maximum absolute atomic E-state index is 12.0. The van der Waals surface area contributed by atoms with Crippen LogP contribution in [0.25, 0.3) is 0 Å². The van der Waals surface area contributed by atoms with Gasteiger partial charge in [-0.3, -0.25) is 9.10 Å². The smallest absolute Gasteiger partial charge is 0.232 e. The number of nitrogens with zero attached hydrogens (tertiary/aromatic N) is 1. The van der Waals surface area contributed by atoms with Gasteiger partial charge in [0.15, 0.2) is 0 Å². The Bertz CT molecular complexity index is 599. The lowest BCUT2D eigenvalue weighted by Gasteiger charge is -2.22. The van der Waals surface area contributed by atoms with Gasteiger partial charge in [-0.05, 0) is 32.4 Å². The highest BCUT2D eigenvalue weighted by atomic mass is 32.2. The van der Waals surface area contributed by atoms with Crippen LogP contribution < -0.4 is 9.62 Å². The predicted octanol–water partition coefficient (Wildman–Crippen LogP) is 1.69. The fraction of sp³-hybridized carbons (Fsp3) is 0.562. The Labute approximate surface area is 138 Å². The Morgan fingerprint density at radius 1 is 1.30 bits per heavy atom. The summed E-state index contributed by atoms with van der Waals surface area (Å²) in [4.78, 5) is 11.8. The molecule has 7 heteroatoms. The third-order valence-electron chi connectivity index (χ3n) is 3.31. The van der Waals surface area contributed by atoms with Gasteiger partial charge in [-0.25, -0.2) is 8.42 Å². The van der Waals surface area contributed by atoms with Crippen LogP contribution in [0.5, 0.6) is 0 Å². The zero-order valence-corrected chi connectivity index (χ0v) is 15.0. The topological polar surface area (TPSA) is 75.7 Å². The quantitative estimate of drug-likeness (QED) is 0.741. The molecule has 23 heavy (non-hydrogen) atoms. The number of hydrogen-bond donors (Lipinski definition) is 1. The maximum Gasteiger partial charge on any atom is 0.232 e. The van der Waals surface area contributed by atoms with Crippen molar-refractivity contribution in [1.29, 1.82) is 0 Å². The molecule has 0 aliphatic heterocycles. The Morgan fingerprint density at radius 3 is 2.43 bits per heavy atom. The molecule has 0 saturated carbocycles. The molecule has 0 spiro atoms. The minimum absolute atomic E-state index is 0.0596. The van der Waals surface area contributed by atoms with E-state index in [9.17, 15) is 13.2 Å². The number of ether oxygens (including phenoxy) is 1. The van der Waals surface area contributed by atoms with Crippen LogP contribution in [0, 0.1) is 6.92 Å². The van der Waals surface area contributed by atoms with E-state index >= 15 is 0 Å². The van der Waals surface area contributed by atoms with Gasteiger partial charge in [0.1, 0.15) is 0 Å². The molecule has 0 aliphatic rings. The zero-order valence-electron chi connectivity index (χ0n) is 14.2. The van der Waals surface area contributed by atoms with E-state index in [-0.39, 0.29) is 24.9 Å². The highest BCUT2D eigenvalue weighted by molar-refractivity contribution is 7.92. The molecule has 130 valence electrons. The standard InChI is InChI=1S/C16H26N2O4S/c1-13-7-9-15(10-8-13)18(23(4,20)21)11-5-6-16(19)17-14(2)12-22-3/h7-10,14H,5-6,11-12H2,1-4H3,(H,17,19)/t14-/m1/s1. The fourth-order valence-electron chi connectivity index (χ4n) is 2.22. The zero-order chi connectivity index (χ0) is 17.5. The number of amides is 1. The van der Waals surface area contributed by atoms with Gasteiger partial charge in [0.2, 0.25) is 15.9 Å². The lowest BCUT2D eigenvalue weighted by molar-refractivity contribution is -0.122.